The van der Waals surface area contributed by atoms with Crippen LogP contribution in [0, 0.1) is 0 Å². The van der Waals surface area contributed by atoms with Crippen molar-refractivity contribution in [3.8, 4) is 0 Å². The van der Waals surface area contributed by atoms with Crippen LogP contribution in [-0.2, 0) is 0 Å². The molecule has 0 bridgehead atoms. The van der Waals surface area contributed by atoms with Crippen molar-refractivity contribution in [2.75, 3.05) is 13.2 Å². The van der Waals surface area contributed by atoms with Crippen molar-refractivity contribution >= 4 is 40.3 Å². The lowest BCUT2D eigenvalue weighted by Gasteiger charge is -2.26. The average Bonchev–Trinajstić information content (AvgIpc) is 3.09. The quantitative estimate of drug-likeness (QED) is 0.809. The lowest BCUT2D eigenvalue weighted by molar-refractivity contribution is 0.249. The minimum Gasteiger partial charge on any atom is -0.396 e. The van der Waals surface area contributed by atoms with E-state index < -0.39 is 0 Å². The van der Waals surface area contributed by atoms with Crippen LogP contribution >= 0.6 is 35.2 Å². The van der Waals surface area contributed by atoms with E-state index in [0.29, 0.717) is 18.1 Å². The van der Waals surface area contributed by atoms with Gasteiger partial charge in [-0.15, -0.1) is 11.3 Å². The van der Waals surface area contributed by atoms with E-state index in [9.17, 15) is 0 Å². The van der Waals surface area contributed by atoms with Gasteiger partial charge in [-0.3, -0.25) is 4.98 Å². The number of aliphatic hydroxyl groups excluding tert-OH is 1. The summed E-state index contributed by atoms with van der Waals surface area (Å²) >= 11 is 13.2. The molecule has 0 aromatic carbocycles. The van der Waals surface area contributed by atoms with E-state index in [2.05, 4.69) is 15.2 Å². The zero-order valence-corrected chi connectivity index (χ0v) is 14.2. The average molecular weight is 354 g/mol. The van der Waals surface area contributed by atoms with Crippen LogP contribution < -0.4 is 5.32 Å². The predicted octanol–water partition coefficient (Wildman–Crippen LogP) is 3.15. The Morgan fingerprint density at radius 1 is 1.36 bits per heavy atom. The molecule has 116 valence electrons. The van der Waals surface area contributed by atoms with Crippen LogP contribution in [0.4, 0.5) is 0 Å². The van der Waals surface area contributed by atoms with E-state index in [1.165, 1.54) is 0 Å². The third kappa shape index (κ3) is 3.10. The van der Waals surface area contributed by atoms with Crippen LogP contribution in [0.1, 0.15) is 29.1 Å². The van der Waals surface area contributed by atoms with Gasteiger partial charge in [-0.25, -0.2) is 0 Å². The number of halogens is 1. The van der Waals surface area contributed by atoms with E-state index in [0.717, 1.165) is 14.9 Å². The molecule has 0 saturated carbocycles. The summed E-state index contributed by atoms with van der Waals surface area (Å²) in [5.74, 6) is 0. The van der Waals surface area contributed by atoms with Gasteiger partial charge in [0.25, 0.3) is 0 Å². The van der Waals surface area contributed by atoms with Crippen LogP contribution in [0.15, 0.2) is 36.5 Å². The van der Waals surface area contributed by atoms with Crippen molar-refractivity contribution in [2.24, 2.45) is 0 Å². The Kier molecular flexibility index (Phi) is 4.93. The molecule has 2 aromatic rings. The van der Waals surface area contributed by atoms with Crippen molar-refractivity contribution in [3.05, 3.63) is 51.4 Å². The Balaban J connectivity index is 1.96. The van der Waals surface area contributed by atoms with Gasteiger partial charge in [0, 0.05) is 24.2 Å². The molecule has 2 atom stereocenters. The summed E-state index contributed by atoms with van der Waals surface area (Å²) in [7, 11) is 0. The summed E-state index contributed by atoms with van der Waals surface area (Å²) < 4.78 is 0.759. The van der Waals surface area contributed by atoms with Gasteiger partial charge in [0.1, 0.15) is 0 Å². The van der Waals surface area contributed by atoms with E-state index in [1.54, 1.807) is 17.5 Å². The first-order chi connectivity index (χ1) is 10.7. The molecule has 7 heteroatoms. The predicted molar refractivity (Wildman–Crippen MR) is 93.2 cm³/mol. The number of pyridine rings is 1. The summed E-state index contributed by atoms with van der Waals surface area (Å²) in [6.45, 7) is 0.844. The van der Waals surface area contributed by atoms with Gasteiger partial charge in [0.15, 0.2) is 5.11 Å². The topological polar surface area (TPSA) is 48.4 Å². The third-order valence-electron chi connectivity index (χ3n) is 3.64. The van der Waals surface area contributed by atoms with Crippen molar-refractivity contribution < 1.29 is 5.11 Å². The van der Waals surface area contributed by atoms with Gasteiger partial charge >= 0.3 is 0 Å². The normalized spacial score (nSPS) is 21.2. The Labute approximate surface area is 143 Å². The molecule has 3 heterocycles. The number of thiocarbonyl (C=S) groups is 1. The molecule has 2 aromatic heterocycles. The molecule has 0 amide bonds. The lowest BCUT2D eigenvalue weighted by Crippen LogP contribution is -2.30. The monoisotopic (exact) mass is 353 g/mol. The van der Waals surface area contributed by atoms with Crippen molar-refractivity contribution in [1.82, 2.24) is 15.2 Å². The molecular weight excluding hydrogens is 338 g/mol. The van der Waals surface area contributed by atoms with Crippen molar-refractivity contribution in [3.63, 3.8) is 0 Å². The van der Waals surface area contributed by atoms with Crippen molar-refractivity contribution in [1.29, 1.82) is 0 Å². The first-order valence-corrected chi connectivity index (χ1v) is 8.65. The molecular formula is C15H16ClN3OS2. The highest BCUT2D eigenvalue weighted by molar-refractivity contribution is 7.80. The van der Waals surface area contributed by atoms with Crippen LogP contribution in [0.5, 0.6) is 0 Å². The maximum Gasteiger partial charge on any atom is 0.170 e. The highest BCUT2D eigenvalue weighted by Crippen LogP contribution is 2.42. The number of aromatic nitrogens is 1. The first kappa shape index (κ1) is 15.7. The number of hydrogen-bond acceptors (Lipinski definition) is 4. The van der Waals surface area contributed by atoms with Gasteiger partial charge in [-0.1, -0.05) is 17.7 Å². The van der Waals surface area contributed by atoms with Gasteiger partial charge in [-0.05, 0) is 42.9 Å². The molecule has 0 spiro atoms. The van der Waals surface area contributed by atoms with E-state index in [1.807, 2.05) is 30.3 Å². The van der Waals surface area contributed by atoms with Crippen LogP contribution in [0.2, 0.25) is 4.34 Å². The van der Waals surface area contributed by atoms with Gasteiger partial charge in [-0.2, -0.15) is 0 Å². The molecule has 2 N–H and O–H groups in total. The highest BCUT2D eigenvalue weighted by Gasteiger charge is 2.40. The number of rotatable bonds is 5. The summed E-state index contributed by atoms with van der Waals surface area (Å²) in [5, 5.41) is 13.2. The molecule has 22 heavy (non-hydrogen) atoms. The Bertz CT molecular complexity index is 649. The molecule has 3 rings (SSSR count). The van der Waals surface area contributed by atoms with E-state index in [-0.39, 0.29) is 18.7 Å². The largest absolute Gasteiger partial charge is 0.396 e. The molecule has 1 fully saturated rings. The Hall–Kier alpha value is -1.21. The Morgan fingerprint density at radius 3 is 2.86 bits per heavy atom. The molecule has 1 saturated heterocycles. The molecule has 1 aliphatic heterocycles. The van der Waals surface area contributed by atoms with Crippen LogP contribution in [-0.4, -0.2) is 33.3 Å². The SMILES string of the molecule is OCCCN1C(=S)NC(c2ccccn2)C1c1ccc(Cl)s1. The summed E-state index contributed by atoms with van der Waals surface area (Å²) in [4.78, 5) is 7.73. The number of hydrogen-bond donors (Lipinski definition) is 2. The second-order valence-corrected chi connectivity index (χ2v) is 7.17. The fourth-order valence-electron chi connectivity index (χ4n) is 2.68. The molecule has 0 aliphatic carbocycles. The minimum atomic E-state index is -0.0119. The summed E-state index contributed by atoms with van der Waals surface area (Å²) in [6, 6.07) is 9.85. The van der Waals surface area contributed by atoms with E-state index >= 15 is 0 Å². The van der Waals surface area contributed by atoms with Gasteiger partial charge in [0.05, 0.1) is 22.1 Å². The second-order valence-electron chi connectivity index (χ2n) is 5.04. The summed E-state index contributed by atoms with van der Waals surface area (Å²) in [5.41, 5.74) is 0.950. The molecule has 1 aliphatic rings. The highest BCUT2D eigenvalue weighted by atomic mass is 35.5. The van der Waals surface area contributed by atoms with Gasteiger partial charge < -0.3 is 15.3 Å². The fourth-order valence-corrected chi connectivity index (χ4v) is 4.23. The first-order valence-electron chi connectivity index (χ1n) is 7.05. The van der Waals surface area contributed by atoms with E-state index in [4.69, 9.17) is 28.9 Å². The minimum absolute atomic E-state index is 0.0119. The van der Waals surface area contributed by atoms with Crippen molar-refractivity contribution in [2.45, 2.75) is 18.5 Å². The number of nitrogens with one attached hydrogen (secondary N) is 1. The maximum atomic E-state index is 9.14. The molecule has 2 unspecified atom stereocenters. The second kappa shape index (κ2) is 6.91. The third-order valence-corrected chi connectivity index (χ3v) is 5.29. The maximum absolute atomic E-state index is 9.14. The number of thiophene rings is 1. The lowest BCUT2D eigenvalue weighted by atomic mass is 10.0. The van der Waals surface area contributed by atoms with Crippen LogP contribution in [0.25, 0.3) is 0 Å². The fraction of sp³-hybridized carbons (Fsp3) is 0.333. The summed E-state index contributed by atoms with van der Waals surface area (Å²) in [6.07, 6.45) is 2.46. The number of nitrogens with zero attached hydrogens (tertiary/aromatic N) is 2. The zero-order chi connectivity index (χ0) is 15.5. The number of aliphatic hydroxyl groups is 1. The van der Waals surface area contributed by atoms with Crippen LogP contribution in [0.3, 0.4) is 0 Å². The molecule has 0 radical (unpaired) electrons. The van der Waals surface area contributed by atoms with Gasteiger partial charge in [0.2, 0.25) is 0 Å². The zero-order valence-electron chi connectivity index (χ0n) is 11.8. The smallest absolute Gasteiger partial charge is 0.170 e. The Morgan fingerprint density at radius 2 is 2.23 bits per heavy atom. The standard InChI is InChI=1S/C15H16ClN3OS2/c16-12-6-5-11(22-12)14-13(10-4-1-2-7-17-10)18-15(21)19(14)8-3-9-20/h1-2,4-7,13-14,20H,3,8-9H2,(H,18,21). The molecule has 4 nitrogen and oxygen atoms in total.